The summed E-state index contributed by atoms with van der Waals surface area (Å²) in [6, 6.07) is 165. The van der Waals surface area contributed by atoms with Crippen molar-refractivity contribution in [3.8, 4) is 117 Å². The van der Waals surface area contributed by atoms with Gasteiger partial charge < -0.3 is 23.7 Å². The van der Waals surface area contributed by atoms with Crippen LogP contribution in [-0.4, -0.2) is 30.9 Å². The molecule has 0 atom stereocenters. The Morgan fingerprint density at radius 2 is 0.493 bits per heavy atom. The summed E-state index contributed by atoms with van der Waals surface area (Å²) in [6.07, 6.45) is 2.99. The number of hydrogen-bond acceptors (Lipinski definition) is 2. The van der Waals surface area contributed by atoms with Crippen LogP contribution in [0.4, 0.5) is 0 Å². The Morgan fingerprint density at radius 1 is 0.209 bits per heavy atom. The summed E-state index contributed by atoms with van der Waals surface area (Å²) >= 11 is 7.19. The molecule has 0 amide bonds. The fraction of sp³-hybridized carbons (Fsp3) is 0.0476. The average Bonchev–Trinajstić information content (AvgIpc) is 1.59. The van der Waals surface area contributed by atoms with Gasteiger partial charge in [0.2, 0.25) is 0 Å². The quantitative estimate of drug-likeness (QED) is 0.142. The Bertz CT molecular complexity index is 8170. The molecule has 2 N–H and O–H groups in total. The monoisotopic (exact) mass is 1850 g/mol. The molecule has 8 heteroatoms. The van der Waals surface area contributed by atoms with E-state index in [9.17, 15) is 0 Å². The third-order valence-corrected chi connectivity index (χ3v) is 28.6. The minimum absolute atomic E-state index is 0.121. The maximum Gasteiger partial charge on any atom is 0.488 e. The van der Waals surface area contributed by atoms with Crippen LogP contribution in [0.2, 0.25) is 0 Å². The lowest BCUT2D eigenvalue weighted by atomic mass is 9.79. The van der Waals surface area contributed by atoms with Crippen LogP contribution in [-0.2, 0) is 24.7 Å². The van der Waals surface area contributed by atoms with E-state index in [4.69, 9.17) is 10.0 Å². The van der Waals surface area contributed by atoms with Gasteiger partial charge in [-0.1, -0.05) is 404 Å². The van der Waals surface area contributed by atoms with Crippen LogP contribution in [0.25, 0.3) is 183 Å². The second-order valence-corrected chi connectivity index (χ2v) is 37.6. The van der Waals surface area contributed by atoms with Gasteiger partial charge in [0.1, 0.15) is 0 Å². The van der Waals surface area contributed by atoms with Crippen molar-refractivity contribution in [2.45, 2.75) is 38.5 Å². The molecule has 0 bridgehead atoms. The first kappa shape index (κ1) is 83.1. The van der Waals surface area contributed by atoms with Gasteiger partial charge in [0.05, 0.1) is 33.1 Å². The van der Waals surface area contributed by atoms with Gasteiger partial charge in [-0.3, -0.25) is 0 Å². The summed E-state index contributed by atoms with van der Waals surface area (Å²) in [7, 11) is -1.39. The molecule has 27 rings (SSSR count). The molecule has 0 saturated heterocycles. The van der Waals surface area contributed by atoms with Crippen LogP contribution >= 0.6 is 31.9 Å². The van der Waals surface area contributed by atoms with Crippen LogP contribution in [0.15, 0.2) is 470 Å². The lowest BCUT2D eigenvalue weighted by molar-refractivity contribution is 0.426. The molecule has 0 spiro atoms. The number of benzene rings is 20. The molecule has 23 aromatic rings. The van der Waals surface area contributed by atoms with Crippen molar-refractivity contribution in [1.82, 2.24) is 13.7 Å². The Kier molecular flexibility index (Phi) is 21.8. The maximum atomic E-state index is 9.16. The molecule has 0 radical (unpaired) electrons. The van der Waals surface area contributed by atoms with Crippen molar-refractivity contribution in [2.24, 2.45) is 0 Å². The predicted molar refractivity (Wildman–Crippen MR) is 570 cm³/mol. The van der Waals surface area contributed by atoms with E-state index < -0.39 is 7.12 Å². The van der Waals surface area contributed by atoms with E-state index in [0.717, 1.165) is 33.8 Å². The zero-order valence-electron chi connectivity index (χ0n) is 74.1. The van der Waals surface area contributed by atoms with Crippen molar-refractivity contribution >= 4 is 110 Å². The normalized spacial score (nSPS) is 12.4. The first-order chi connectivity index (χ1) is 65.8. The Labute approximate surface area is 797 Å². The van der Waals surface area contributed by atoms with E-state index in [1.54, 1.807) is 6.07 Å². The second kappa shape index (κ2) is 35.1. The number of para-hydroxylation sites is 3. The summed E-state index contributed by atoms with van der Waals surface area (Å²) in [5, 5.41) is 26.0. The standard InChI is InChI=1S/2C37H25N.C24H16BrN.C15H13Br.C13H11BO2/c2*1-2-8-25(9-3-1)26-16-19-31(20-17-26)38-36-13-7-6-12-33(36)34-21-18-28(24-37(34)38)27-14-15-30-22-29-10-4-5-11-32(29)35(30)23-27;25-19-12-15-22-21-8-4-5-9-23(21)26(24(22)16-19)20-13-10-18(11-14-20)17-6-2-1-3-7-17;1-15(2)13-6-4-3-5-11(13)12-8-7-10(16)9-14(12)15;15-14(16)11-6-5-10-7-9-3-1-2-4-12(9)13(10)8-11/h2*1-21,23-24H,22H2;1-16H;3-9H,1-2H3;1-6,8,15-16H,7H2. The molecule has 4 aliphatic carbocycles. The van der Waals surface area contributed by atoms with Gasteiger partial charge in [0.25, 0.3) is 0 Å². The molecule has 0 unspecified atom stereocenters. The molecule has 0 saturated carbocycles. The van der Waals surface area contributed by atoms with E-state index in [2.05, 4.69) is 484 Å². The highest BCUT2D eigenvalue weighted by Crippen LogP contribution is 2.50. The Hall–Kier alpha value is -15.3. The van der Waals surface area contributed by atoms with Crippen molar-refractivity contribution in [2.75, 3.05) is 0 Å². The second-order valence-electron chi connectivity index (χ2n) is 35.8. The molecular formula is C126H90BBr2N3O2. The van der Waals surface area contributed by atoms with Crippen LogP contribution < -0.4 is 5.46 Å². The molecule has 3 aromatic heterocycles. The maximum absolute atomic E-state index is 9.16. The topological polar surface area (TPSA) is 55.2 Å². The van der Waals surface area contributed by atoms with E-state index >= 15 is 0 Å². The first-order valence-corrected chi connectivity index (χ1v) is 47.6. The Balaban J connectivity index is 0.0000000988. The summed E-state index contributed by atoms with van der Waals surface area (Å²) < 4.78 is 9.41. The zero-order chi connectivity index (χ0) is 90.1. The summed E-state index contributed by atoms with van der Waals surface area (Å²) in [6.45, 7) is 4.59. The molecule has 20 aromatic carbocycles. The highest BCUT2D eigenvalue weighted by Gasteiger charge is 2.35. The zero-order valence-corrected chi connectivity index (χ0v) is 77.2. The number of aromatic nitrogens is 3. The van der Waals surface area contributed by atoms with E-state index in [1.807, 2.05) is 30.3 Å². The molecule has 5 nitrogen and oxygen atoms in total. The van der Waals surface area contributed by atoms with Gasteiger partial charge in [-0.15, -0.1) is 0 Å². The number of fused-ring (bicyclic) bond motifs is 21. The third kappa shape index (κ3) is 15.4. The summed E-state index contributed by atoms with van der Waals surface area (Å²) in [5.41, 5.74) is 45.7. The summed E-state index contributed by atoms with van der Waals surface area (Å²) in [4.78, 5) is 0. The van der Waals surface area contributed by atoms with Crippen LogP contribution in [0.1, 0.15) is 58.4 Å². The van der Waals surface area contributed by atoms with Gasteiger partial charge in [-0.05, 0) is 273 Å². The minimum atomic E-state index is -1.39. The summed E-state index contributed by atoms with van der Waals surface area (Å²) in [5.74, 6) is 0. The van der Waals surface area contributed by atoms with Crippen molar-refractivity contribution in [3.05, 3.63) is 514 Å². The molecule has 134 heavy (non-hydrogen) atoms. The number of rotatable bonds is 9. The number of halogens is 2. The molecule has 0 fully saturated rings. The molecular weight excluding hydrogens is 1760 g/mol. The van der Waals surface area contributed by atoms with Crippen LogP contribution in [0.5, 0.6) is 0 Å². The highest BCUT2D eigenvalue weighted by molar-refractivity contribution is 9.10. The lowest BCUT2D eigenvalue weighted by Crippen LogP contribution is -2.29. The van der Waals surface area contributed by atoms with Crippen molar-refractivity contribution in [3.63, 3.8) is 0 Å². The van der Waals surface area contributed by atoms with Gasteiger partial charge in [0, 0.05) is 63.7 Å². The van der Waals surface area contributed by atoms with Gasteiger partial charge in [-0.2, -0.15) is 0 Å². The molecule has 3 heterocycles. The van der Waals surface area contributed by atoms with Gasteiger partial charge >= 0.3 is 7.12 Å². The fourth-order valence-corrected chi connectivity index (χ4v) is 21.7. The lowest BCUT2D eigenvalue weighted by Gasteiger charge is -2.21. The molecule has 638 valence electrons. The van der Waals surface area contributed by atoms with Gasteiger partial charge in [0.15, 0.2) is 0 Å². The van der Waals surface area contributed by atoms with Crippen LogP contribution in [0.3, 0.4) is 0 Å². The Morgan fingerprint density at radius 3 is 0.910 bits per heavy atom. The molecule has 0 aliphatic heterocycles. The minimum Gasteiger partial charge on any atom is -0.423 e. The number of nitrogens with zero attached hydrogens (tertiary/aromatic N) is 3. The third-order valence-electron chi connectivity index (χ3n) is 27.6. The van der Waals surface area contributed by atoms with Crippen molar-refractivity contribution in [1.29, 1.82) is 0 Å². The highest BCUT2D eigenvalue weighted by atomic mass is 79.9. The first-order valence-electron chi connectivity index (χ1n) is 46.0. The van der Waals surface area contributed by atoms with E-state index in [0.29, 0.717) is 5.46 Å². The van der Waals surface area contributed by atoms with Gasteiger partial charge in [-0.25, -0.2) is 0 Å². The largest absolute Gasteiger partial charge is 0.488 e. The molecule has 4 aliphatic rings. The SMILES string of the molecule is Brc1ccc2c3ccccc3n(-c3ccc(-c4ccccc4)cc3)c2c1.CC1(C)c2ccccc2-c2ccc(Br)cc21.OB(O)c1ccc2c(c1)-c1ccccc1C2.c1ccc(-c2ccc(-n3c4ccccc4c4ccc(-c5ccc6c(c5)-c5ccccc5C6)cc43)cc2)cc1.c1ccc(-c2ccc(-n3c4ccccc4c4ccc(-c5ccc6c(c5)-c5ccccc5C6)cc43)cc2)cc1. The average molecular weight is 1850 g/mol. The van der Waals surface area contributed by atoms with Crippen LogP contribution in [0, 0.1) is 0 Å². The number of hydrogen-bond donors (Lipinski definition) is 2. The predicted octanol–water partition coefficient (Wildman–Crippen LogP) is 32.3. The van der Waals surface area contributed by atoms with E-state index in [1.165, 1.54) is 222 Å². The van der Waals surface area contributed by atoms with E-state index in [-0.39, 0.29) is 5.41 Å². The smallest absolute Gasteiger partial charge is 0.423 e. The van der Waals surface area contributed by atoms with Crippen molar-refractivity contribution < 1.29 is 10.0 Å². The fourth-order valence-electron chi connectivity index (χ4n) is 21.0.